The zero-order valence-corrected chi connectivity index (χ0v) is 15.1. The third-order valence-electron chi connectivity index (χ3n) is 6.14. The van der Waals surface area contributed by atoms with Gasteiger partial charge in [0, 0.05) is 25.0 Å². The van der Waals surface area contributed by atoms with Gasteiger partial charge in [0.05, 0.1) is 0 Å². The monoisotopic (exact) mass is 335 g/mol. The van der Waals surface area contributed by atoms with Crippen molar-refractivity contribution in [3.63, 3.8) is 0 Å². The Morgan fingerprint density at radius 3 is 2.12 bits per heavy atom. The normalized spacial score (nSPS) is 25.6. The maximum Gasteiger partial charge on any atom is 0.244 e. The third-order valence-corrected chi connectivity index (χ3v) is 6.14. The van der Waals surface area contributed by atoms with Gasteiger partial charge in [-0.2, -0.15) is 0 Å². The summed E-state index contributed by atoms with van der Waals surface area (Å²) >= 11 is 0. The Balaban J connectivity index is 1.43. The fourth-order valence-electron chi connectivity index (χ4n) is 4.59. The van der Waals surface area contributed by atoms with Gasteiger partial charge >= 0.3 is 0 Å². The van der Waals surface area contributed by atoms with E-state index in [1.165, 1.54) is 32.4 Å². The van der Waals surface area contributed by atoms with E-state index in [4.69, 9.17) is 0 Å². The molecule has 0 bridgehead atoms. The molecule has 0 radical (unpaired) electrons. The number of nitrogens with one attached hydrogen (secondary N) is 1. The smallest absolute Gasteiger partial charge is 0.244 e. The van der Waals surface area contributed by atoms with Crippen molar-refractivity contribution in [3.8, 4) is 0 Å². The number of nitrogens with zero attached hydrogens (tertiary/aromatic N) is 2. The molecule has 2 saturated heterocycles. The first-order valence-corrected chi connectivity index (χ1v) is 9.98. The summed E-state index contributed by atoms with van der Waals surface area (Å²) in [4.78, 5) is 29.5. The van der Waals surface area contributed by atoms with Crippen LogP contribution in [0.25, 0.3) is 0 Å². The highest BCUT2D eigenvalue weighted by Crippen LogP contribution is 2.24. The van der Waals surface area contributed by atoms with Gasteiger partial charge in [-0.15, -0.1) is 0 Å². The summed E-state index contributed by atoms with van der Waals surface area (Å²) in [5, 5.41) is 2.97. The molecule has 0 spiro atoms. The van der Waals surface area contributed by atoms with Gasteiger partial charge in [-0.25, -0.2) is 0 Å². The number of likely N-dealkylation sites (tertiary alicyclic amines) is 2. The topological polar surface area (TPSA) is 52.7 Å². The van der Waals surface area contributed by atoms with Crippen LogP contribution in [0.15, 0.2) is 0 Å². The van der Waals surface area contributed by atoms with Crippen molar-refractivity contribution in [1.29, 1.82) is 0 Å². The number of piperidine rings is 1. The number of hydrogen-bond donors (Lipinski definition) is 1. The molecule has 5 nitrogen and oxygen atoms in total. The molecule has 0 aromatic carbocycles. The van der Waals surface area contributed by atoms with Crippen LogP contribution < -0.4 is 5.32 Å². The van der Waals surface area contributed by atoms with E-state index < -0.39 is 0 Å². The molecule has 3 rings (SSSR count). The van der Waals surface area contributed by atoms with Crippen LogP contribution in [0.2, 0.25) is 0 Å². The molecule has 2 heterocycles. The van der Waals surface area contributed by atoms with Crippen molar-refractivity contribution >= 4 is 11.8 Å². The van der Waals surface area contributed by atoms with Crippen LogP contribution in [0.4, 0.5) is 0 Å². The van der Waals surface area contributed by atoms with Gasteiger partial charge in [-0.05, 0) is 58.5 Å². The van der Waals surface area contributed by atoms with Crippen LogP contribution in [-0.2, 0) is 9.59 Å². The molecule has 3 aliphatic rings. The van der Waals surface area contributed by atoms with Crippen LogP contribution in [0.5, 0.6) is 0 Å². The van der Waals surface area contributed by atoms with Gasteiger partial charge < -0.3 is 15.1 Å². The van der Waals surface area contributed by atoms with Gasteiger partial charge in [0.2, 0.25) is 11.8 Å². The largest absolute Gasteiger partial charge is 0.344 e. The van der Waals surface area contributed by atoms with E-state index in [-0.39, 0.29) is 23.8 Å². The zero-order valence-electron chi connectivity index (χ0n) is 15.1. The number of hydrogen-bond acceptors (Lipinski definition) is 3. The molecule has 1 saturated carbocycles. The lowest BCUT2D eigenvalue weighted by atomic mass is 9.88. The molecule has 24 heavy (non-hydrogen) atoms. The molecule has 0 aromatic rings. The summed E-state index contributed by atoms with van der Waals surface area (Å²) in [5.74, 6) is 0.302. The van der Waals surface area contributed by atoms with E-state index in [0.717, 1.165) is 51.6 Å². The second-order valence-electron chi connectivity index (χ2n) is 7.86. The van der Waals surface area contributed by atoms with Crippen LogP contribution >= 0.6 is 0 Å². The third kappa shape index (κ3) is 4.29. The fourth-order valence-corrected chi connectivity index (χ4v) is 4.59. The lowest BCUT2D eigenvalue weighted by Gasteiger charge is -2.37. The number of amides is 2. The van der Waals surface area contributed by atoms with Crippen molar-refractivity contribution < 1.29 is 9.59 Å². The van der Waals surface area contributed by atoms with Crippen LogP contribution in [0.3, 0.4) is 0 Å². The van der Waals surface area contributed by atoms with E-state index in [2.05, 4.69) is 10.2 Å². The predicted octanol–water partition coefficient (Wildman–Crippen LogP) is 2.16. The molecule has 1 atom stereocenters. The summed E-state index contributed by atoms with van der Waals surface area (Å²) in [5.41, 5.74) is 0. The van der Waals surface area contributed by atoms with E-state index in [9.17, 15) is 9.59 Å². The minimum Gasteiger partial charge on any atom is -0.344 e. The minimum atomic E-state index is -0.386. The summed E-state index contributed by atoms with van der Waals surface area (Å²) < 4.78 is 0. The average Bonchev–Trinajstić information content (AvgIpc) is 3.16. The van der Waals surface area contributed by atoms with E-state index in [1.54, 1.807) is 0 Å². The number of carbonyl (C=O) groups excluding carboxylic acids is 2. The Bertz CT molecular complexity index is 434. The Kier molecular flexibility index (Phi) is 6.14. The number of rotatable bonds is 4. The standard InChI is InChI=1S/C19H33N3O2/c1-15(20-18(23)16-7-3-2-4-8-16)19(24)22-13-9-17(10-14-22)21-11-5-6-12-21/h15-17H,2-14H2,1H3,(H,20,23)/t15-/m0/s1. The van der Waals surface area contributed by atoms with Gasteiger partial charge in [0.25, 0.3) is 0 Å². The maximum absolute atomic E-state index is 12.6. The summed E-state index contributed by atoms with van der Waals surface area (Å²) in [6, 6.07) is 0.270. The summed E-state index contributed by atoms with van der Waals surface area (Å²) in [6.45, 7) is 5.97. The van der Waals surface area contributed by atoms with Gasteiger partial charge in [-0.3, -0.25) is 9.59 Å². The van der Waals surface area contributed by atoms with Crippen LogP contribution in [0.1, 0.15) is 64.7 Å². The van der Waals surface area contributed by atoms with E-state index in [1.807, 2.05) is 11.8 Å². The fraction of sp³-hybridized carbons (Fsp3) is 0.895. The first kappa shape index (κ1) is 17.7. The molecule has 1 N–H and O–H groups in total. The van der Waals surface area contributed by atoms with Gasteiger partial charge in [-0.1, -0.05) is 19.3 Å². The molecule has 136 valence electrons. The molecule has 2 aliphatic heterocycles. The Labute approximate surface area is 146 Å². The Morgan fingerprint density at radius 2 is 1.50 bits per heavy atom. The quantitative estimate of drug-likeness (QED) is 0.856. The Morgan fingerprint density at radius 1 is 0.875 bits per heavy atom. The maximum atomic E-state index is 12.6. The minimum absolute atomic E-state index is 0.0857. The van der Waals surface area contributed by atoms with Crippen LogP contribution in [0, 0.1) is 5.92 Å². The molecule has 0 aromatic heterocycles. The second-order valence-corrected chi connectivity index (χ2v) is 7.86. The van der Waals surface area contributed by atoms with Crippen molar-refractivity contribution in [3.05, 3.63) is 0 Å². The highest BCUT2D eigenvalue weighted by atomic mass is 16.2. The molecule has 1 aliphatic carbocycles. The van der Waals surface area contributed by atoms with Crippen molar-refractivity contribution in [1.82, 2.24) is 15.1 Å². The zero-order chi connectivity index (χ0) is 16.9. The van der Waals surface area contributed by atoms with Crippen molar-refractivity contribution in [2.24, 2.45) is 5.92 Å². The summed E-state index contributed by atoms with van der Waals surface area (Å²) in [6.07, 6.45) is 10.3. The Hall–Kier alpha value is -1.10. The summed E-state index contributed by atoms with van der Waals surface area (Å²) in [7, 11) is 0. The van der Waals surface area contributed by atoms with Crippen molar-refractivity contribution in [2.75, 3.05) is 26.2 Å². The molecule has 0 unspecified atom stereocenters. The van der Waals surface area contributed by atoms with Crippen LogP contribution in [-0.4, -0.2) is 59.9 Å². The molecular weight excluding hydrogens is 302 g/mol. The molecular formula is C19H33N3O2. The first-order valence-electron chi connectivity index (χ1n) is 9.98. The van der Waals surface area contributed by atoms with Gasteiger partial charge in [0.15, 0.2) is 0 Å². The lowest BCUT2D eigenvalue weighted by molar-refractivity contribution is -0.138. The highest BCUT2D eigenvalue weighted by Gasteiger charge is 2.31. The SMILES string of the molecule is C[C@H](NC(=O)C1CCCCC1)C(=O)N1CCC(N2CCCC2)CC1. The second kappa shape index (κ2) is 8.32. The molecule has 2 amide bonds. The van der Waals surface area contributed by atoms with Gasteiger partial charge in [0.1, 0.15) is 6.04 Å². The molecule has 5 heteroatoms. The van der Waals surface area contributed by atoms with E-state index >= 15 is 0 Å². The average molecular weight is 335 g/mol. The lowest BCUT2D eigenvalue weighted by Crippen LogP contribution is -2.52. The van der Waals surface area contributed by atoms with Crippen molar-refractivity contribution in [2.45, 2.75) is 76.8 Å². The highest BCUT2D eigenvalue weighted by molar-refractivity contribution is 5.88. The predicted molar refractivity (Wildman–Crippen MR) is 94.6 cm³/mol. The molecule has 3 fully saturated rings. The first-order chi connectivity index (χ1) is 11.6. The number of carbonyl (C=O) groups is 2. The van der Waals surface area contributed by atoms with E-state index in [0.29, 0.717) is 6.04 Å².